The molecule has 0 spiro atoms. The molecule has 0 saturated heterocycles. The summed E-state index contributed by atoms with van der Waals surface area (Å²) in [7, 11) is -0.229. The van der Waals surface area contributed by atoms with E-state index in [2.05, 4.69) is 44.3 Å². The molecule has 10 heavy (non-hydrogen) atoms. The molecule has 53 valence electrons. The number of aryl methyl sites for hydroxylation is 1. The van der Waals surface area contributed by atoms with Crippen LogP contribution in [0.2, 0.25) is 13.1 Å². The van der Waals surface area contributed by atoms with Gasteiger partial charge in [-0.2, -0.15) is 0 Å². The lowest BCUT2D eigenvalue weighted by Crippen LogP contribution is -2.21. The molecular formula is C9H13Si. The highest BCUT2D eigenvalue weighted by atomic mass is 28.3. The van der Waals surface area contributed by atoms with Gasteiger partial charge in [0.2, 0.25) is 0 Å². The molecule has 0 bridgehead atoms. The van der Waals surface area contributed by atoms with E-state index < -0.39 is 0 Å². The van der Waals surface area contributed by atoms with Crippen molar-refractivity contribution in [3.63, 3.8) is 0 Å². The summed E-state index contributed by atoms with van der Waals surface area (Å²) in [6.07, 6.45) is 0. The Morgan fingerprint density at radius 3 is 1.90 bits per heavy atom. The van der Waals surface area contributed by atoms with Gasteiger partial charge in [-0.1, -0.05) is 48.1 Å². The van der Waals surface area contributed by atoms with E-state index in [1.807, 2.05) is 0 Å². The number of hydrogen-bond donors (Lipinski definition) is 0. The summed E-state index contributed by atoms with van der Waals surface area (Å²) >= 11 is 0. The first kappa shape index (κ1) is 7.54. The first-order chi connectivity index (χ1) is 4.70. The molecule has 1 aromatic carbocycles. The van der Waals surface area contributed by atoms with E-state index in [4.69, 9.17) is 0 Å². The molecule has 0 aliphatic heterocycles. The van der Waals surface area contributed by atoms with E-state index in [1.54, 1.807) is 0 Å². The fourth-order valence-electron chi connectivity index (χ4n) is 0.887. The van der Waals surface area contributed by atoms with Crippen LogP contribution >= 0.6 is 0 Å². The van der Waals surface area contributed by atoms with E-state index in [-0.39, 0.29) is 8.80 Å². The van der Waals surface area contributed by atoms with E-state index in [0.29, 0.717) is 0 Å². The lowest BCUT2D eigenvalue weighted by molar-refractivity contribution is 1.49. The SMILES string of the molecule is Cc1ccc([Si](C)C)cc1. The molecule has 0 N–H and O–H groups in total. The van der Waals surface area contributed by atoms with Gasteiger partial charge < -0.3 is 0 Å². The van der Waals surface area contributed by atoms with Crippen molar-refractivity contribution in [1.29, 1.82) is 0 Å². The van der Waals surface area contributed by atoms with Crippen molar-refractivity contribution < 1.29 is 0 Å². The van der Waals surface area contributed by atoms with Crippen LogP contribution < -0.4 is 5.19 Å². The molecule has 1 radical (unpaired) electrons. The molecular weight excluding hydrogens is 136 g/mol. The average molecular weight is 149 g/mol. The van der Waals surface area contributed by atoms with Gasteiger partial charge in [0.25, 0.3) is 0 Å². The molecule has 0 atom stereocenters. The minimum atomic E-state index is -0.229. The summed E-state index contributed by atoms with van der Waals surface area (Å²) < 4.78 is 0. The Hall–Kier alpha value is -0.563. The van der Waals surface area contributed by atoms with Crippen molar-refractivity contribution in [3.8, 4) is 0 Å². The normalized spacial score (nSPS) is 10.4. The number of benzene rings is 1. The summed E-state index contributed by atoms with van der Waals surface area (Å²) in [6.45, 7) is 6.76. The fraction of sp³-hybridized carbons (Fsp3) is 0.333. The third-order valence-electron chi connectivity index (χ3n) is 1.63. The Kier molecular flexibility index (Phi) is 2.28. The summed E-state index contributed by atoms with van der Waals surface area (Å²) in [6, 6.07) is 8.85. The van der Waals surface area contributed by atoms with Gasteiger partial charge >= 0.3 is 0 Å². The minimum Gasteiger partial charge on any atom is -0.0671 e. The van der Waals surface area contributed by atoms with Gasteiger partial charge in [-0.25, -0.2) is 0 Å². The van der Waals surface area contributed by atoms with Crippen molar-refractivity contribution in [2.45, 2.75) is 20.0 Å². The van der Waals surface area contributed by atoms with Gasteiger partial charge in [0.05, 0.1) is 8.80 Å². The van der Waals surface area contributed by atoms with Crippen LogP contribution in [0.25, 0.3) is 0 Å². The van der Waals surface area contributed by atoms with Crippen LogP contribution in [0.15, 0.2) is 24.3 Å². The van der Waals surface area contributed by atoms with E-state index in [1.165, 1.54) is 10.8 Å². The zero-order valence-corrected chi connectivity index (χ0v) is 7.81. The molecule has 1 aromatic rings. The van der Waals surface area contributed by atoms with E-state index in [0.717, 1.165) is 0 Å². The van der Waals surface area contributed by atoms with Crippen LogP contribution in [0.5, 0.6) is 0 Å². The van der Waals surface area contributed by atoms with Gasteiger partial charge in [-0.3, -0.25) is 0 Å². The molecule has 0 nitrogen and oxygen atoms in total. The van der Waals surface area contributed by atoms with E-state index in [9.17, 15) is 0 Å². The zero-order valence-electron chi connectivity index (χ0n) is 6.81. The molecule has 0 amide bonds. The van der Waals surface area contributed by atoms with Crippen molar-refractivity contribution in [2.75, 3.05) is 0 Å². The zero-order chi connectivity index (χ0) is 7.56. The Balaban J connectivity index is 2.89. The first-order valence-electron chi connectivity index (χ1n) is 3.57. The molecule has 1 rings (SSSR count). The largest absolute Gasteiger partial charge is 0.0791 e. The highest BCUT2D eigenvalue weighted by Crippen LogP contribution is 1.94. The van der Waals surface area contributed by atoms with E-state index >= 15 is 0 Å². The molecule has 0 aromatic heterocycles. The van der Waals surface area contributed by atoms with Crippen molar-refractivity contribution >= 4 is 14.0 Å². The monoisotopic (exact) mass is 149 g/mol. The number of rotatable bonds is 1. The fourth-order valence-corrected chi connectivity index (χ4v) is 1.72. The van der Waals surface area contributed by atoms with Crippen LogP contribution in [-0.4, -0.2) is 8.80 Å². The quantitative estimate of drug-likeness (QED) is 0.535. The maximum Gasteiger partial charge on any atom is 0.0791 e. The molecule has 0 unspecified atom stereocenters. The van der Waals surface area contributed by atoms with Gasteiger partial charge in [0, 0.05) is 0 Å². The first-order valence-corrected chi connectivity index (χ1v) is 6.07. The molecule has 0 heterocycles. The molecule has 1 heteroatoms. The lowest BCUT2D eigenvalue weighted by atomic mass is 10.2. The summed E-state index contributed by atoms with van der Waals surface area (Å²) in [5, 5.41) is 1.52. The van der Waals surface area contributed by atoms with Gasteiger partial charge in [-0.15, -0.1) is 0 Å². The van der Waals surface area contributed by atoms with Crippen LogP contribution in [0, 0.1) is 6.92 Å². The van der Waals surface area contributed by atoms with Crippen molar-refractivity contribution in [2.24, 2.45) is 0 Å². The maximum absolute atomic E-state index is 2.31. The highest BCUT2D eigenvalue weighted by Gasteiger charge is 1.97. The van der Waals surface area contributed by atoms with Crippen LogP contribution in [0.4, 0.5) is 0 Å². The third kappa shape index (κ3) is 1.71. The Morgan fingerprint density at radius 2 is 1.50 bits per heavy atom. The van der Waals surface area contributed by atoms with Crippen molar-refractivity contribution in [1.82, 2.24) is 0 Å². The van der Waals surface area contributed by atoms with Crippen LogP contribution in [-0.2, 0) is 0 Å². The second kappa shape index (κ2) is 3.02. The van der Waals surface area contributed by atoms with Crippen LogP contribution in [0.1, 0.15) is 5.56 Å². The lowest BCUT2D eigenvalue weighted by Gasteiger charge is -2.01. The molecule has 0 saturated carbocycles. The predicted octanol–water partition coefficient (Wildman–Crippen LogP) is 1.96. The average Bonchev–Trinajstić information content (AvgIpc) is 1.88. The molecule has 0 aliphatic carbocycles. The topological polar surface area (TPSA) is 0 Å². The summed E-state index contributed by atoms with van der Waals surface area (Å²) in [5.74, 6) is 0. The van der Waals surface area contributed by atoms with Crippen LogP contribution in [0.3, 0.4) is 0 Å². The second-order valence-corrected chi connectivity index (χ2v) is 5.44. The Labute approximate surface area is 64.5 Å². The standard InChI is InChI=1S/C9H13Si/c1-8-4-6-9(7-5-8)10(2)3/h4-7H,1-3H3. The molecule has 0 fully saturated rings. The van der Waals surface area contributed by atoms with Gasteiger partial charge in [0.1, 0.15) is 0 Å². The van der Waals surface area contributed by atoms with Crippen molar-refractivity contribution in [3.05, 3.63) is 29.8 Å². The Morgan fingerprint density at radius 1 is 1.00 bits per heavy atom. The third-order valence-corrected chi connectivity index (χ3v) is 3.12. The predicted molar refractivity (Wildman–Crippen MR) is 48.3 cm³/mol. The summed E-state index contributed by atoms with van der Waals surface area (Å²) in [5.41, 5.74) is 1.35. The maximum atomic E-state index is 2.31. The minimum absolute atomic E-state index is 0.229. The molecule has 0 aliphatic rings. The smallest absolute Gasteiger partial charge is 0.0671 e. The van der Waals surface area contributed by atoms with Gasteiger partial charge in [-0.05, 0) is 6.92 Å². The number of hydrogen-bond acceptors (Lipinski definition) is 0. The highest BCUT2D eigenvalue weighted by molar-refractivity contribution is 6.70. The summed E-state index contributed by atoms with van der Waals surface area (Å²) in [4.78, 5) is 0. The second-order valence-electron chi connectivity index (χ2n) is 2.87. The van der Waals surface area contributed by atoms with Gasteiger partial charge in [0.15, 0.2) is 0 Å². The Bertz CT molecular complexity index is 198.